The molecule has 0 N–H and O–H groups in total. The van der Waals surface area contributed by atoms with Crippen LogP contribution >= 0.6 is 11.8 Å². The Balaban J connectivity index is 0.000000270. The third-order valence-corrected chi connectivity index (χ3v) is 3.18. The Morgan fingerprint density at radius 2 is 1.05 bits per heavy atom. The molecule has 21 heavy (non-hydrogen) atoms. The molecule has 0 bridgehead atoms. The molecule has 2 rings (SSSR count). The zero-order valence-corrected chi connectivity index (χ0v) is 14.7. The molecule has 0 saturated carbocycles. The van der Waals surface area contributed by atoms with E-state index in [9.17, 15) is 16.9 Å². The monoisotopic (exact) mass is 454 g/mol. The van der Waals surface area contributed by atoms with Gasteiger partial charge in [-0.1, -0.05) is 30.0 Å². The predicted octanol–water partition coefficient (Wildman–Crippen LogP) is 5.35. The van der Waals surface area contributed by atoms with Gasteiger partial charge in [-0.15, -0.1) is 0 Å². The number of hydrogen-bond donors (Lipinski definition) is 0. The van der Waals surface area contributed by atoms with E-state index in [-0.39, 0.29) is 0 Å². The van der Waals surface area contributed by atoms with Gasteiger partial charge in [-0.25, -0.2) is 0 Å². The zero-order valence-electron chi connectivity index (χ0n) is 10.3. The summed E-state index contributed by atoms with van der Waals surface area (Å²) in [6.45, 7) is 0. The number of benzene rings is 2. The van der Waals surface area contributed by atoms with Crippen LogP contribution in [0.4, 0.5) is 16.9 Å². The van der Waals surface area contributed by atoms with Gasteiger partial charge in [0, 0.05) is 9.79 Å². The molecule has 2 aromatic carbocycles. The summed E-state index contributed by atoms with van der Waals surface area (Å²) < 4.78 is 59.6. The minimum atomic E-state index is -11.2. The Bertz CT molecular complexity index is 569. The third kappa shape index (κ3) is 13.0. The summed E-state index contributed by atoms with van der Waals surface area (Å²) in [6, 6.07) is 18.7. The van der Waals surface area contributed by atoms with Crippen molar-refractivity contribution in [2.24, 2.45) is 0 Å². The summed E-state index contributed by atoms with van der Waals surface area (Å²) in [5.74, 6) is 0. The van der Waals surface area contributed by atoms with Crippen LogP contribution in [0, 0.1) is 0 Å². The molecule has 0 aliphatic heterocycles. The van der Waals surface area contributed by atoms with Crippen LogP contribution in [-0.4, -0.2) is 19.5 Å². The van der Waals surface area contributed by atoms with Gasteiger partial charge in [0.05, 0.1) is 0 Å². The van der Waals surface area contributed by atoms with Gasteiger partial charge in [0.1, 0.15) is 4.90 Å². The summed E-state index contributed by atoms with van der Waals surface area (Å²) in [5, 5.41) is 0. The maximum atomic E-state index is 9.93. The number of halogens is 6. The van der Waals surface area contributed by atoms with Crippen LogP contribution in [0.5, 0.6) is 0 Å². The van der Waals surface area contributed by atoms with Gasteiger partial charge in [0.2, 0.25) is 0 Å². The molecule has 0 aromatic heterocycles. The minimum absolute atomic E-state index is 1.11. The zero-order chi connectivity index (χ0) is 16.2. The Kier molecular flexibility index (Phi) is 5.28. The second-order valence-corrected chi connectivity index (χ2v) is 11.1. The molecule has 0 aliphatic carbocycles. The summed E-state index contributed by atoms with van der Waals surface area (Å²) in [6.07, 6.45) is 0. The molecule has 9 heteroatoms. The molecule has 0 heterocycles. The van der Waals surface area contributed by atoms with Gasteiger partial charge in [-0.05, 0) is 49.0 Å². The maximum Gasteiger partial charge on any atom is 0.150 e. The molecule has 2 aromatic rings. The molecule has 0 saturated heterocycles. The molecule has 0 nitrogen and oxygen atoms in total. The van der Waals surface area contributed by atoms with Crippen LogP contribution in [0.3, 0.4) is 0 Å². The predicted molar refractivity (Wildman–Crippen MR) is 77.8 cm³/mol. The Morgan fingerprint density at radius 3 is 1.48 bits per heavy atom. The van der Waals surface area contributed by atoms with Gasteiger partial charge >= 0.3 is 36.4 Å². The van der Waals surface area contributed by atoms with Crippen LogP contribution in [0.25, 0.3) is 0 Å². The Morgan fingerprint density at radius 1 is 0.667 bits per heavy atom. The molecule has 0 radical (unpaired) electrons. The van der Waals surface area contributed by atoms with Crippen molar-refractivity contribution in [3.63, 3.8) is 0 Å². The van der Waals surface area contributed by atoms with E-state index in [2.05, 4.69) is 61.2 Å². The van der Waals surface area contributed by atoms with Crippen molar-refractivity contribution in [3.8, 4) is 0 Å². The van der Waals surface area contributed by atoms with Crippen molar-refractivity contribution in [1.82, 2.24) is 0 Å². The average molecular weight is 455 g/mol. The molecular weight excluding hydrogens is 444 g/mol. The van der Waals surface area contributed by atoms with Crippen molar-refractivity contribution in [1.29, 1.82) is 0 Å². The molecule has 0 amide bonds. The fourth-order valence-corrected chi connectivity index (χ4v) is 2.15. The molecule has 0 fully saturated rings. The van der Waals surface area contributed by atoms with Crippen LogP contribution < -0.4 is 0 Å². The summed E-state index contributed by atoms with van der Waals surface area (Å²) in [7, 11) is 0. The molecule has 0 spiro atoms. The van der Waals surface area contributed by atoms with E-state index in [1.807, 2.05) is 6.07 Å². The first-order chi connectivity index (χ1) is 9.29. The molecule has 0 unspecified atom stereocenters. The molecule has 0 aliphatic rings. The largest absolute Gasteiger partial charge is 0.150 e. The average Bonchev–Trinajstić information content (AvgIpc) is 2.30. The quantitative estimate of drug-likeness (QED) is 0.335. The normalized spacial score (nSPS) is 14.4. The first-order valence-electron chi connectivity index (χ1n) is 5.40. The standard InChI is InChI=1S/C12H10S2.6FH.Sb/c13-10-6-8-12(9-7-10)14-11-4-2-1-3-5-11;;;;;;;/h1-9,13H;6*1H;/q;;;;;;;+5/p-5. The first-order valence-corrected chi connectivity index (χ1v) is 12.5. The van der Waals surface area contributed by atoms with Crippen LogP contribution in [0.1, 0.15) is 0 Å². The SMILES string of the molecule is [F][Sb-]([F])([F])([F])([F])[F].[SH2+]c1ccc(Sc2ccccc2)cc1. The molecule has 118 valence electrons. The Hall–Kier alpha value is -0.462. The van der Waals surface area contributed by atoms with Crippen molar-refractivity contribution in [3.05, 3.63) is 54.6 Å². The van der Waals surface area contributed by atoms with E-state index in [1.54, 1.807) is 11.8 Å². The smallest absolute Gasteiger partial charge is 0.0901 e. The number of rotatable bonds is 2. The first kappa shape index (κ1) is 18.6. The van der Waals surface area contributed by atoms with Crippen LogP contribution in [0.2, 0.25) is 0 Å². The van der Waals surface area contributed by atoms with Gasteiger partial charge in [0.25, 0.3) is 0 Å². The summed E-state index contributed by atoms with van der Waals surface area (Å²) >= 11 is -6.01. The van der Waals surface area contributed by atoms with E-state index >= 15 is 0 Å². The van der Waals surface area contributed by atoms with Crippen molar-refractivity contribution in [2.75, 3.05) is 0 Å². The van der Waals surface area contributed by atoms with E-state index in [4.69, 9.17) is 0 Å². The minimum Gasteiger partial charge on any atom is -0.0901 e. The number of hydrogen-bond acceptors (Lipinski definition) is 1. The van der Waals surface area contributed by atoms with Crippen molar-refractivity contribution < 1.29 is 16.9 Å². The topological polar surface area (TPSA) is 0 Å². The second-order valence-electron chi connectivity index (χ2n) is 3.90. The van der Waals surface area contributed by atoms with Gasteiger partial charge in [-0.3, -0.25) is 0 Å². The fraction of sp³-hybridized carbons (Fsp3) is 0. The van der Waals surface area contributed by atoms with Crippen LogP contribution in [-0.2, 0) is 12.6 Å². The van der Waals surface area contributed by atoms with E-state index < -0.39 is 19.5 Å². The van der Waals surface area contributed by atoms with Gasteiger partial charge < -0.3 is 0 Å². The molecular formula is C12H11F6S2Sb. The second kappa shape index (κ2) is 5.97. The fourth-order valence-electron chi connectivity index (χ4n) is 1.15. The van der Waals surface area contributed by atoms with Crippen molar-refractivity contribution >= 4 is 43.9 Å². The summed E-state index contributed by atoms with van der Waals surface area (Å²) in [5.41, 5.74) is 0. The third-order valence-electron chi connectivity index (χ3n) is 1.83. The van der Waals surface area contributed by atoms with E-state index in [0.29, 0.717) is 0 Å². The Labute approximate surface area is 129 Å². The summed E-state index contributed by atoms with van der Waals surface area (Å²) in [4.78, 5) is 3.65. The van der Waals surface area contributed by atoms with E-state index in [0.717, 1.165) is 4.90 Å². The molecule has 0 atom stereocenters. The van der Waals surface area contributed by atoms with Gasteiger partial charge in [0.15, 0.2) is 0 Å². The van der Waals surface area contributed by atoms with E-state index in [1.165, 1.54) is 9.79 Å². The maximum absolute atomic E-state index is 11.2. The van der Waals surface area contributed by atoms with Crippen molar-refractivity contribution in [2.45, 2.75) is 14.7 Å². The van der Waals surface area contributed by atoms with Gasteiger partial charge in [-0.2, -0.15) is 0 Å². The van der Waals surface area contributed by atoms with Crippen LogP contribution in [0.15, 0.2) is 69.3 Å².